The maximum Gasteiger partial charge on any atom is 0.301 e. The average Bonchev–Trinajstić information content (AvgIpc) is 2.53. The lowest BCUT2D eigenvalue weighted by molar-refractivity contribution is -0.658. The predicted octanol–water partition coefficient (Wildman–Crippen LogP) is 3.19. The smallest absolute Gasteiger partial charge is 0.301 e. The Hall–Kier alpha value is -1.25. The van der Waals surface area contributed by atoms with E-state index in [1.807, 2.05) is 0 Å². The van der Waals surface area contributed by atoms with Crippen molar-refractivity contribution in [2.75, 3.05) is 29.6 Å². The molecule has 0 fully saturated rings. The Labute approximate surface area is 124 Å². The van der Waals surface area contributed by atoms with Gasteiger partial charge in [-0.2, -0.15) is 0 Å². The second-order valence-corrected chi connectivity index (χ2v) is 8.49. The third-order valence-electron chi connectivity index (χ3n) is 3.44. The molecule has 0 saturated heterocycles. The van der Waals surface area contributed by atoms with Crippen LogP contribution in [0.25, 0.3) is 0 Å². The minimum Gasteiger partial charge on any atom is -0.328 e. The first-order chi connectivity index (χ1) is 9.07. The Morgan fingerprint density at radius 1 is 1.00 bits per heavy atom. The van der Waals surface area contributed by atoms with Gasteiger partial charge in [0.2, 0.25) is 0 Å². The highest BCUT2D eigenvalue weighted by Crippen LogP contribution is 2.36. The zero-order chi connectivity index (χ0) is 15.1. The number of rotatable bonds is 2. The summed E-state index contributed by atoms with van der Waals surface area (Å²) >= 11 is 0. The highest BCUT2D eigenvalue weighted by molar-refractivity contribution is 5.69. The van der Waals surface area contributed by atoms with Gasteiger partial charge in [-0.15, -0.1) is 0 Å². The molecule has 3 nitrogen and oxygen atoms in total. The predicted molar refractivity (Wildman–Crippen MR) is 86.1 cm³/mol. The normalized spacial score (nSPS) is 15.8. The van der Waals surface area contributed by atoms with Crippen molar-refractivity contribution in [3.05, 3.63) is 18.3 Å². The summed E-state index contributed by atoms with van der Waals surface area (Å²) in [6.07, 6.45) is 2.15. The number of hydrogen-bond acceptors (Lipinski definition) is 2. The van der Waals surface area contributed by atoms with Gasteiger partial charge < -0.3 is 4.90 Å². The quantitative estimate of drug-likeness (QED) is 0.768. The van der Waals surface area contributed by atoms with E-state index in [-0.39, 0.29) is 0 Å². The SMILES string of the molecule is C[n+]1cccc2c1N(CC(C)(C)C)CN2CC(C)(C)C. The molecular weight excluding hydrogens is 246 g/mol. The van der Waals surface area contributed by atoms with E-state index in [4.69, 9.17) is 0 Å². The molecule has 1 aromatic heterocycles. The van der Waals surface area contributed by atoms with Crippen LogP contribution in [0.4, 0.5) is 11.5 Å². The van der Waals surface area contributed by atoms with Crippen molar-refractivity contribution >= 4 is 11.5 Å². The molecule has 1 aromatic rings. The fourth-order valence-electron chi connectivity index (χ4n) is 2.98. The lowest BCUT2D eigenvalue weighted by Gasteiger charge is -2.27. The fraction of sp³-hybridized carbons (Fsp3) is 0.706. The van der Waals surface area contributed by atoms with E-state index >= 15 is 0 Å². The van der Waals surface area contributed by atoms with E-state index in [0.29, 0.717) is 10.8 Å². The standard InChI is InChI=1S/C17H30N3/c1-16(2,3)11-19-13-20(12-17(4,5)6)15-14(19)9-8-10-18(15)7/h8-10H,11-13H2,1-7H3/q+1. The Kier molecular flexibility index (Phi) is 3.74. The Morgan fingerprint density at radius 2 is 1.55 bits per heavy atom. The van der Waals surface area contributed by atoms with Crippen molar-refractivity contribution in [1.29, 1.82) is 0 Å². The number of pyridine rings is 1. The average molecular weight is 276 g/mol. The zero-order valence-electron chi connectivity index (χ0n) is 14.2. The molecule has 20 heavy (non-hydrogen) atoms. The van der Waals surface area contributed by atoms with Crippen LogP contribution in [0.3, 0.4) is 0 Å². The van der Waals surface area contributed by atoms with Crippen LogP contribution < -0.4 is 14.4 Å². The lowest BCUT2D eigenvalue weighted by Crippen LogP contribution is -2.42. The second kappa shape index (κ2) is 4.94. The summed E-state index contributed by atoms with van der Waals surface area (Å²) < 4.78 is 2.25. The molecule has 0 N–H and O–H groups in total. The van der Waals surface area contributed by atoms with Crippen LogP contribution in [0.5, 0.6) is 0 Å². The highest BCUT2D eigenvalue weighted by atomic mass is 15.4. The van der Waals surface area contributed by atoms with E-state index in [9.17, 15) is 0 Å². The summed E-state index contributed by atoms with van der Waals surface area (Å²) in [5.41, 5.74) is 1.98. The molecule has 0 unspecified atom stereocenters. The summed E-state index contributed by atoms with van der Waals surface area (Å²) in [5, 5.41) is 0. The first-order valence-corrected chi connectivity index (χ1v) is 7.55. The van der Waals surface area contributed by atoms with Crippen LogP contribution in [0.2, 0.25) is 0 Å². The van der Waals surface area contributed by atoms with Crippen molar-refractivity contribution in [2.24, 2.45) is 17.9 Å². The molecule has 112 valence electrons. The van der Waals surface area contributed by atoms with Gasteiger partial charge in [-0.1, -0.05) is 41.5 Å². The van der Waals surface area contributed by atoms with E-state index in [0.717, 1.165) is 19.8 Å². The molecule has 1 aliphatic rings. The third-order valence-corrected chi connectivity index (χ3v) is 3.44. The zero-order valence-corrected chi connectivity index (χ0v) is 14.2. The van der Waals surface area contributed by atoms with Gasteiger partial charge in [0, 0.05) is 6.54 Å². The molecule has 2 rings (SSSR count). The Bertz CT molecular complexity index is 480. The van der Waals surface area contributed by atoms with Crippen molar-refractivity contribution in [3.63, 3.8) is 0 Å². The van der Waals surface area contributed by atoms with Gasteiger partial charge in [0.1, 0.15) is 5.69 Å². The Balaban J connectivity index is 2.33. The van der Waals surface area contributed by atoms with E-state index < -0.39 is 0 Å². The lowest BCUT2D eigenvalue weighted by atomic mass is 9.96. The number of aromatic nitrogens is 1. The number of aryl methyl sites for hydroxylation is 1. The molecule has 0 radical (unpaired) electrons. The fourth-order valence-corrected chi connectivity index (χ4v) is 2.98. The summed E-state index contributed by atoms with van der Waals surface area (Å²) in [6.45, 7) is 17.0. The molecule has 0 saturated carbocycles. The molecule has 0 atom stereocenters. The van der Waals surface area contributed by atoms with E-state index in [1.54, 1.807) is 0 Å². The summed E-state index contributed by atoms with van der Waals surface area (Å²) in [4.78, 5) is 5.03. The van der Waals surface area contributed by atoms with Crippen molar-refractivity contribution in [3.8, 4) is 0 Å². The minimum absolute atomic E-state index is 0.303. The molecule has 0 amide bonds. The highest BCUT2D eigenvalue weighted by Gasteiger charge is 2.38. The van der Waals surface area contributed by atoms with Crippen molar-refractivity contribution in [2.45, 2.75) is 41.5 Å². The number of nitrogens with zero attached hydrogens (tertiary/aromatic N) is 3. The molecule has 1 aliphatic heterocycles. The molecule has 0 aliphatic carbocycles. The molecule has 0 aromatic carbocycles. The number of anilines is 2. The van der Waals surface area contributed by atoms with Crippen LogP contribution in [0.15, 0.2) is 18.3 Å². The van der Waals surface area contributed by atoms with E-state index in [1.165, 1.54) is 11.5 Å². The topological polar surface area (TPSA) is 10.4 Å². The first kappa shape index (κ1) is 15.1. The molecule has 0 bridgehead atoms. The van der Waals surface area contributed by atoms with Crippen LogP contribution in [0.1, 0.15) is 41.5 Å². The largest absolute Gasteiger partial charge is 0.328 e. The van der Waals surface area contributed by atoms with Crippen LogP contribution in [0, 0.1) is 10.8 Å². The second-order valence-electron chi connectivity index (χ2n) is 8.49. The van der Waals surface area contributed by atoms with Gasteiger partial charge in [0.25, 0.3) is 0 Å². The van der Waals surface area contributed by atoms with Crippen molar-refractivity contribution < 1.29 is 4.57 Å². The number of fused-ring (bicyclic) bond motifs is 1. The summed E-state index contributed by atoms with van der Waals surface area (Å²) in [7, 11) is 2.15. The number of hydrogen-bond donors (Lipinski definition) is 0. The van der Waals surface area contributed by atoms with Gasteiger partial charge in [-0.25, -0.2) is 9.47 Å². The van der Waals surface area contributed by atoms with Gasteiger partial charge in [0.05, 0.1) is 19.8 Å². The third kappa shape index (κ3) is 3.44. The first-order valence-electron chi connectivity index (χ1n) is 7.55. The van der Waals surface area contributed by atoms with Gasteiger partial charge in [-0.05, 0) is 23.0 Å². The maximum atomic E-state index is 2.51. The van der Waals surface area contributed by atoms with Crippen molar-refractivity contribution in [1.82, 2.24) is 0 Å². The van der Waals surface area contributed by atoms with Crippen LogP contribution in [-0.4, -0.2) is 19.8 Å². The Morgan fingerprint density at radius 3 is 2.10 bits per heavy atom. The summed E-state index contributed by atoms with van der Waals surface area (Å²) in [5.74, 6) is 1.35. The molecule has 2 heterocycles. The van der Waals surface area contributed by atoms with Gasteiger partial charge in [0.15, 0.2) is 6.67 Å². The molecule has 3 heteroatoms. The van der Waals surface area contributed by atoms with Gasteiger partial charge >= 0.3 is 5.82 Å². The van der Waals surface area contributed by atoms with Crippen LogP contribution in [-0.2, 0) is 7.05 Å². The minimum atomic E-state index is 0.303. The maximum absolute atomic E-state index is 2.51. The van der Waals surface area contributed by atoms with Crippen LogP contribution >= 0.6 is 0 Å². The van der Waals surface area contributed by atoms with Gasteiger partial charge in [-0.3, -0.25) is 0 Å². The van der Waals surface area contributed by atoms with E-state index in [2.05, 4.69) is 81.3 Å². The molecule has 0 spiro atoms. The monoisotopic (exact) mass is 276 g/mol. The summed E-state index contributed by atoms with van der Waals surface area (Å²) in [6, 6.07) is 4.40. The molecular formula is C17H30N3+.